The standard InChI is InChI=1S/C17H20N2O2S.Ru/c1-3-20-15-9-5-13(6-10-15)18-17(22)19-14-7-11-16(12-8-14)21-4-2;/h5-12H,3-4H2,1-2H3,(H2,18,19,22);. The maximum absolute atomic E-state index is 5.40. The van der Waals surface area contributed by atoms with Crippen molar-refractivity contribution >= 4 is 28.7 Å². The fourth-order valence-electron chi connectivity index (χ4n) is 1.90. The van der Waals surface area contributed by atoms with Gasteiger partial charge >= 0.3 is 0 Å². The predicted molar refractivity (Wildman–Crippen MR) is 95.1 cm³/mol. The van der Waals surface area contributed by atoms with E-state index in [1.807, 2.05) is 62.4 Å². The van der Waals surface area contributed by atoms with Crippen molar-refractivity contribution < 1.29 is 29.0 Å². The summed E-state index contributed by atoms with van der Waals surface area (Å²) in [7, 11) is 0. The molecule has 0 spiro atoms. The summed E-state index contributed by atoms with van der Waals surface area (Å²) in [5, 5.41) is 6.80. The van der Waals surface area contributed by atoms with Crippen molar-refractivity contribution in [3.63, 3.8) is 0 Å². The normalized spacial score (nSPS) is 9.48. The Kier molecular flexibility index (Phi) is 8.59. The molecule has 0 fully saturated rings. The predicted octanol–water partition coefficient (Wildman–Crippen LogP) is 4.29. The molecule has 0 aromatic heterocycles. The number of hydrogen-bond acceptors (Lipinski definition) is 3. The van der Waals surface area contributed by atoms with Gasteiger partial charge in [-0.1, -0.05) is 0 Å². The summed E-state index contributed by atoms with van der Waals surface area (Å²) in [6.07, 6.45) is 0. The Labute approximate surface area is 155 Å². The SMILES string of the molecule is CCOc1ccc(NC(=S)Nc2ccc(OCC)cc2)cc1.[Ru]. The van der Waals surface area contributed by atoms with Crippen LogP contribution in [0.4, 0.5) is 11.4 Å². The van der Waals surface area contributed by atoms with Gasteiger partial charge in [-0.25, -0.2) is 0 Å². The van der Waals surface area contributed by atoms with Gasteiger partial charge in [-0.3, -0.25) is 0 Å². The van der Waals surface area contributed by atoms with Crippen molar-refractivity contribution in [1.82, 2.24) is 0 Å². The van der Waals surface area contributed by atoms with E-state index in [1.165, 1.54) is 0 Å². The van der Waals surface area contributed by atoms with Gasteiger partial charge in [0.2, 0.25) is 0 Å². The van der Waals surface area contributed by atoms with E-state index in [0.717, 1.165) is 22.9 Å². The number of anilines is 2. The minimum atomic E-state index is 0. The van der Waals surface area contributed by atoms with Crippen molar-refractivity contribution in [1.29, 1.82) is 0 Å². The smallest absolute Gasteiger partial charge is 0.175 e. The first-order valence-electron chi connectivity index (χ1n) is 7.25. The molecule has 0 radical (unpaired) electrons. The van der Waals surface area contributed by atoms with Gasteiger partial charge in [0, 0.05) is 30.9 Å². The Morgan fingerprint density at radius 2 is 1.13 bits per heavy atom. The van der Waals surface area contributed by atoms with Crippen LogP contribution in [0.5, 0.6) is 11.5 Å². The molecule has 0 amide bonds. The van der Waals surface area contributed by atoms with E-state index in [9.17, 15) is 0 Å². The number of thiocarbonyl (C=S) groups is 1. The summed E-state index contributed by atoms with van der Waals surface area (Å²) < 4.78 is 10.8. The van der Waals surface area contributed by atoms with Crippen molar-refractivity contribution in [2.24, 2.45) is 0 Å². The molecule has 23 heavy (non-hydrogen) atoms. The zero-order valence-corrected chi connectivity index (χ0v) is 15.7. The molecule has 0 heterocycles. The Hall–Kier alpha value is -1.65. The van der Waals surface area contributed by atoms with Gasteiger partial charge < -0.3 is 20.1 Å². The van der Waals surface area contributed by atoms with Gasteiger partial charge in [0.15, 0.2) is 5.11 Å². The summed E-state index contributed by atoms with van der Waals surface area (Å²) >= 11 is 5.30. The molecule has 6 heteroatoms. The number of hydrogen-bond donors (Lipinski definition) is 2. The van der Waals surface area contributed by atoms with Gasteiger partial charge in [-0.15, -0.1) is 0 Å². The maximum atomic E-state index is 5.40. The van der Waals surface area contributed by atoms with Gasteiger partial charge in [-0.05, 0) is 74.6 Å². The van der Waals surface area contributed by atoms with Crippen LogP contribution in [0.3, 0.4) is 0 Å². The summed E-state index contributed by atoms with van der Waals surface area (Å²) in [5.41, 5.74) is 1.82. The Bertz CT molecular complexity index is 549. The van der Waals surface area contributed by atoms with Crippen LogP contribution in [0.25, 0.3) is 0 Å². The van der Waals surface area contributed by atoms with E-state index in [-0.39, 0.29) is 19.5 Å². The molecule has 0 saturated carbocycles. The first kappa shape index (κ1) is 19.4. The van der Waals surface area contributed by atoms with Crippen molar-refractivity contribution in [2.45, 2.75) is 13.8 Å². The third-order valence-corrected chi connectivity index (χ3v) is 3.05. The molecule has 0 bridgehead atoms. The van der Waals surface area contributed by atoms with Gasteiger partial charge in [0.05, 0.1) is 13.2 Å². The molecule has 0 aliphatic rings. The van der Waals surface area contributed by atoms with E-state index in [1.54, 1.807) is 0 Å². The van der Waals surface area contributed by atoms with Crippen LogP contribution in [0.2, 0.25) is 0 Å². The number of nitrogens with one attached hydrogen (secondary N) is 2. The van der Waals surface area contributed by atoms with Crippen molar-refractivity contribution in [2.75, 3.05) is 23.8 Å². The minimum Gasteiger partial charge on any atom is -0.494 e. The van der Waals surface area contributed by atoms with E-state index >= 15 is 0 Å². The van der Waals surface area contributed by atoms with E-state index < -0.39 is 0 Å². The Morgan fingerprint density at radius 1 is 0.783 bits per heavy atom. The molecule has 124 valence electrons. The van der Waals surface area contributed by atoms with Crippen LogP contribution < -0.4 is 20.1 Å². The van der Waals surface area contributed by atoms with E-state index in [2.05, 4.69) is 10.6 Å². The van der Waals surface area contributed by atoms with Crippen LogP contribution in [-0.2, 0) is 19.5 Å². The zero-order chi connectivity index (χ0) is 15.8. The number of ether oxygens (including phenoxy) is 2. The maximum Gasteiger partial charge on any atom is 0.175 e. The average molecular weight is 417 g/mol. The van der Waals surface area contributed by atoms with Crippen molar-refractivity contribution in [3.8, 4) is 11.5 Å². The summed E-state index contributed by atoms with van der Waals surface area (Å²) in [6.45, 7) is 5.24. The van der Waals surface area contributed by atoms with E-state index in [0.29, 0.717) is 18.3 Å². The second-order valence-corrected chi connectivity index (χ2v) is 4.90. The van der Waals surface area contributed by atoms with Gasteiger partial charge in [0.1, 0.15) is 11.5 Å². The molecule has 0 aliphatic carbocycles. The molecular formula is C17H20N2O2RuS. The summed E-state index contributed by atoms with van der Waals surface area (Å²) in [4.78, 5) is 0. The zero-order valence-electron chi connectivity index (χ0n) is 13.1. The van der Waals surface area contributed by atoms with Crippen LogP contribution in [0, 0.1) is 0 Å². The third-order valence-electron chi connectivity index (χ3n) is 2.85. The Balaban J connectivity index is 0.00000264. The summed E-state index contributed by atoms with van der Waals surface area (Å²) in [5.74, 6) is 1.69. The topological polar surface area (TPSA) is 42.5 Å². The first-order valence-corrected chi connectivity index (χ1v) is 7.65. The number of rotatable bonds is 6. The molecule has 2 N–H and O–H groups in total. The van der Waals surface area contributed by atoms with Gasteiger partial charge in [0.25, 0.3) is 0 Å². The number of benzene rings is 2. The molecule has 0 aliphatic heterocycles. The monoisotopic (exact) mass is 418 g/mol. The van der Waals surface area contributed by atoms with Crippen LogP contribution in [0.1, 0.15) is 13.8 Å². The molecule has 2 aromatic rings. The quantitative estimate of drug-likeness (QED) is 0.542. The fourth-order valence-corrected chi connectivity index (χ4v) is 2.13. The summed E-state index contributed by atoms with van der Waals surface area (Å²) in [6, 6.07) is 15.3. The largest absolute Gasteiger partial charge is 0.494 e. The average Bonchev–Trinajstić information content (AvgIpc) is 2.52. The molecule has 2 rings (SSSR count). The van der Waals surface area contributed by atoms with Crippen LogP contribution >= 0.6 is 12.2 Å². The second kappa shape index (κ2) is 10.2. The van der Waals surface area contributed by atoms with E-state index in [4.69, 9.17) is 21.7 Å². The molecular weight excluding hydrogens is 397 g/mol. The Morgan fingerprint density at radius 3 is 1.43 bits per heavy atom. The molecule has 0 unspecified atom stereocenters. The van der Waals surface area contributed by atoms with Crippen LogP contribution in [0.15, 0.2) is 48.5 Å². The van der Waals surface area contributed by atoms with Crippen molar-refractivity contribution in [3.05, 3.63) is 48.5 Å². The molecule has 4 nitrogen and oxygen atoms in total. The third kappa shape index (κ3) is 6.55. The fraction of sp³-hybridized carbons (Fsp3) is 0.235. The molecule has 0 saturated heterocycles. The van der Waals surface area contributed by atoms with Crippen LogP contribution in [-0.4, -0.2) is 18.3 Å². The second-order valence-electron chi connectivity index (χ2n) is 4.49. The molecule has 0 atom stereocenters. The van der Waals surface area contributed by atoms with Gasteiger partial charge in [-0.2, -0.15) is 0 Å². The molecule has 2 aromatic carbocycles. The first-order chi connectivity index (χ1) is 10.7. The minimum absolute atomic E-state index is 0.